The van der Waals surface area contributed by atoms with Crippen LogP contribution in [0, 0.1) is 5.92 Å². The third kappa shape index (κ3) is 6.58. The molecule has 0 radical (unpaired) electrons. The maximum absolute atomic E-state index is 10.2. The summed E-state index contributed by atoms with van der Waals surface area (Å²) in [5.41, 5.74) is 5.90. The minimum absolute atomic E-state index is 0.235. The lowest BCUT2D eigenvalue weighted by molar-refractivity contribution is -0.137. The summed E-state index contributed by atoms with van der Waals surface area (Å²) >= 11 is 0. The fourth-order valence-electron chi connectivity index (χ4n) is 1.24. The molecule has 0 fully saturated rings. The molecule has 3 heteroatoms. The van der Waals surface area contributed by atoms with E-state index in [-0.39, 0.29) is 12.5 Å². The van der Waals surface area contributed by atoms with E-state index in [1.165, 1.54) is 0 Å². The van der Waals surface area contributed by atoms with Gasteiger partial charge in [0.25, 0.3) is 0 Å². The van der Waals surface area contributed by atoms with Crippen LogP contribution in [-0.4, -0.2) is 17.1 Å². The zero-order valence-corrected chi connectivity index (χ0v) is 8.62. The van der Waals surface area contributed by atoms with Gasteiger partial charge in [-0.25, -0.2) is 0 Å². The van der Waals surface area contributed by atoms with Crippen LogP contribution in [0.3, 0.4) is 0 Å². The van der Waals surface area contributed by atoms with Crippen molar-refractivity contribution in [3.8, 4) is 0 Å². The Kier molecular flexibility index (Phi) is 6.59. The molecule has 0 saturated carbocycles. The largest absolute Gasteiger partial charge is 0.481 e. The van der Waals surface area contributed by atoms with E-state index in [1.54, 1.807) is 0 Å². The Morgan fingerprint density at radius 2 is 2.08 bits per heavy atom. The van der Waals surface area contributed by atoms with Crippen LogP contribution in [0.1, 0.15) is 46.0 Å². The summed E-state index contributed by atoms with van der Waals surface area (Å²) in [5, 5.41) is 8.40. The first-order valence-corrected chi connectivity index (χ1v) is 5.05. The Hall–Kier alpha value is -0.570. The van der Waals surface area contributed by atoms with E-state index in [4.69, 9.17) is 10.8 Å². The lowest BCUT2D eigenvalue weighted by atomic mass is 9.95. The summed E-state index contributed by atoms with van der Waals surface area (Å²) < 4.78 is 0. The highest BCUT2D eigenvalue weighted by Crippen LogP contribution is 2.12. The van der Waals surface area contributed by atoms with Crippen LogP contribution in [0.2, 0.25) is 0 Å². The number of carboxylic acids is 1. The van der Waals surface area contributed by atoms with E-state index in [0.29, 0.717) is 5.92 Å². The fraction of sp³-hybridized carbons (Fsp3) is 0.900. The van der Waals surface area contributed by atoms with E-state index in [1.807, 2.05) is 0 Å². The van der Waals surface area contributed by atoms with Crippen LogP contribution in [0.15, 0.2) is 0 Å². The summed E-state index contributed by atoms with van der Waals surface area (Å²) in [6.45, 7) is 4.27. The zero-order valence-electron chi connectivity index (χ0n) is 8.62. The van der Waals surface area contributed by atoms with Crippen molar-refractivity contribution >= 4 is 5.97 Å². The number of unbranched alkanes of at least 4 members (excludes halogenated alkanes) is 1. The van der Waals surface area contributed by atoms with Gasteiger partial charge in [-0.3, -0.25) is 4.79 Å². The van der Waals surface area contributed by atoms with E-state index in [2.05, 4.69) is 13.8 Å². The van der Waals surface area contributed by atoms with Crippen molar-refractivity contribution < 1.29 is 9.90 Å². The van der Waals surface area contributed by atoms with Crippen molar-refractivity contribution in [3.05, 3.63) is 0 Å². The number of hydrogen-bond donors (Lipinski definition) is 2. The first-order valence-electron chi connectivity index (χ1n) is 5.05. The molecule has 3 N–H and O–H groups in total. The average molecular weight is 187 g/mol. The second-order valence-corrected chi connectivity index (χ2v) is 3.69. The van der Waals surface area contributed by atoms with Crippen LogP contribution in [0.5, 0.6) is 0 Å². The lowest BCUT2D eigenvalue weighted by Crippen LogP contribution is -2.27. The number of carboxylic acid groups (broad SMARTS) is 1. The van der Waals surface area contributed by atoms with Gasteiger partial charge in [-0.15, -0.1) is 0 Å². The molecular formula is C10H21NO2. The zero-order chi connectivity index (χ0) is 10.3. The predicted octanol–water partition coefficient (Wildman–Crippen LogP) is 2.00. The molecule has 0 aliphatic heterocycles. The number of rotatable bonds is 7. The summed E-state index contributed by atoms with van der Waals surface area (Å²) in [5.74, 6) is -0.165. The first-order chi connectivity index (χ1) is 6.07. The molecule has 0 aromatic heterocycles. The molecule has 2 unspecified atom stereocenters. The standard InChI is InChI=1S/C10H21NO2/c1-3-8(2)9(11)6-4-5-7-10(12)13/h8-9H,3-7,11H2,1-2H3,(H,12,13). The van der Waals surface area contributed by atoms with Gasteiger partial charge in [0, 0.05) is 12.5 Å². The van der Waals surface area contributed by atoms with Crippen LogP contribution < -0.4 is 5.73 Å². The van der Waals surface area contributed by atoms with Crippen LogP contribution in [-0.2, 0) is 4.79 Å². The highest BCUT2D eigenvalue weighted by Gasteiger charge is 2.09. The van der Waals surface area contributed by atoms with Crippen LogP contribution in [0.25, 0.3) is 0 Å². The van der Waals surface area contributed by atoms with Crippen molar-refractivity contribution in [3.63, 3.8) is 0 Å². The Balaban J connectivity index is 3.36. The summed E-state index contributed by atoms with van der Waals surface area (Å²) in [6, 6.07) is 0.235. The topological polar surface area (TPSA) is 63.3 Å². The third-order valence-corrected chi connectivity index (χ3v) is 2.55. The molecule has 3 nitrogen and oxygen atoms in total. The number of carbonyl (C=O) groups is 1. The normalized spacial score (nSPS) is 15.3. The first kappa shape index (κ1) is 12.4. The summed E-state index contributed by atoms with van der Waals surface area (Å²) in [4.78, 5) is 10.2. The highest BCUT2D eigenvalue weighted by molar-refractivity contribution is 5.66. The van der Waals surface area contributed by atoms with Gasteiger partial charge in [-0.1, -0.05) is 26.7 Å². The van der Waals surface area contributed by atoms with Crippen molar-refractivity contribution in [2.45, 2.75) is 52.0 Å². The van der Waals surface area contributed by atoms with Crippen LogP contribution >= 0.6 is 0 Å². The van der Waals surface area contributed by atoms with Gasteiger partial charge < -0.3 is 10.8 Å². The van der Waals surface area contributed by atoms with Crippen molar-refractivity contribution in [1.82, 2.24) is 0 Å². The molecule has 2 atom stereocenters. The third-order valence-electron chi connectivity index (χ3n) is 2.55. The molecule has 0 rings (SSSR count). The Morgan fingerprint density at radius 1 is 1.46 bits per heavy atom. The summed E-state index contributed by atoms with van der Waals surface area (Å²) in [6.07, 6.45) is 3.99. The second-order valence-electron chi connectivity index (χ2n) is 3.69. The number of aliphatic carboxylic acids is 1. The van der Waals surface area contributed by atoms with Crippen LogP contribution in [0.4, 0.5) is 0 Å². The second kappa shape index (κ2) is 6.89. The van der Waals surface area contributed by atoms with Crippen molar-refractivity contribution in [2.75, 3.05) is 0 Å². The molecule has 0 heterocycles. The monoisotopic (exact) mass is 187 g/mol. The SMILES string of the molecule is CCC(C)C(N)CCCCC(=O)O. The van der Waals surface area contributed by atoms with E-state index < -0.39 is 5.97 Å². The summed E-state index contributed by atoms with van der Waals surface area (Å²) in [7, 11) is 0. The molecule has 13 heavy (non-hydrogen) atoms. The quantitative estimate of drug-likeness (QED) is 0.599. The van der Waals surface area contributed by atoms with Gasteiger partial charge in [0.05, 0.1) is 0 Å². The van der Waals surface area contributed by atoms with E-state index in [9.17, 15) is 4.79 Å². The maximum Gasteiger partial charge on any atom is 0.303 e. The molecule has 0 aliphatic carbocycles. The maximum atomic E-state index is 10.2. The minimum atomic E-state index is -0.711. The molecule has 0 aliphatic rings. The predicted molar refractivity (Wildman–Crippen MR) is 53.5 cm³/mol. The van der Waals surface area contributed by atoms with Gasteiger partial charge in [0.1, 0.15) is 0 Å². The van der Waals surface area contributed by atoms with Gasteiger partial charge in [0.15, 0.2) is 0 Å². The molecule has 78 valence electrons. The van der Waals surface area contributed by atoms with Gasteiger partial charge in [-0.2, -0.15) is 0 Å². The average Bonchev–Trinajstić information content (AvgIpc) is 2.10. The van der Waals surface area contributed by atoms with Crippen molar-refractivity contribution in [1.29, 1.82) is 0 Å². The highest BCUT2D eigenvalue weighted by atomic mass is 16.4. The fourth-order valence-corrected chi connectivity index (χ4v) is 1.24. The van der Waals surface area contributed by atoms with Gasteiger partial charge >= 0.3 is 5.97 Å². The Labute approximate surface area is 80.3 Å². The molecular weight excluding hydrogens is 166 g/mol. The number of hydrogen-bond acceptors (Lipinski definition) is 2. The smallest absolute Gasteiger partial charge is 0.303 e. The molecule has 0 saturated heterocycles. The van der Waals surface area contributed by atoms with Crippen molar-refractivity contribution in [2.24, 2.45) is 11.7 Å². The minimum Gasteiger partial charge on any atom is -0.481 e. The molecule has 0 aromatic rings. The molecule has 0 amide bonds. The van der Waals surface area contributed by atoms with Gasteiger partial charge in [0.2, 0.25) is 0 Å². The molecule has 0 spiro atoms. The van der Waals surface area contributed by atoms with Gasteiger partial charge in [-0.05, 0) is 18.8 Å². The number of nitrogens with two attached hydrogens (primary N) is 1. The molecule has 0 bridgehead atoms. The Bertz CT molecular complexity index is 148. The Morgan fingerprint density at radius 3 is 2.54 bits per heavy atom. The molecule has 0 aromatic carbocycles. The van der Waals surface area contributed by atoms with E-state index >= 15 is 0 Å². The van der Waals surface area contributed by atoms with E-state index in [0.717, 1.165) is 25.7 Å². The lowest BCUT2D eigenvalue weighted by Gasteiger charge is -2.17.